The van der Waals surface area contributed by atoms with Gasteiger partial charge in [-0.05, 0) is 41.3 Å². The second-order valence-electron chi connectivity index (χ2n) is 6.03. The van der Waals surface area contributed by atoms with Crippen LogP contribution in [0.15, 0.2) is 83.5 Å². The van der Waals surface area contributed by atoms with Crippen LogP contribution in [0.1, 0.15) is 19.4 Å². The Labute approximate surface area is 125 Å². The molecule has 2 aromatic carbocycles. The fourth-order valence-corrected chi connectivity index (χ4v) is 3.49. The average Bonchev–Trinajstić information content (AvgIpc) is 2.86. The Morgan fingerprint density at radius 3 is 2.33 bits per heavy atom. The van der Waals surface area contributed by atoms with E-state index in [1.54, 1.807) is 0 Å². The molecule has 0 fully saturated rings. The lowest BCUT2D eigenvalue weighted by molar-refractivity contribution is 1.01. The van der Waals surface area contributed by atoms with E-state index < -0.39 is 0 Å². The molecule has 1 atom stereocenters. The van der Waals surface area contributed by atoms with Crippen LogP contribution in [0.5, 0.6) is 0 Å². The molecule has 0 bridgehead atoms. The molecule has 0 aliphatic heterocycles. The summed E-state index contributed by atoms with van der Waals surface area (Å²) in [5.74, 6) is 0.448. The molecule has 0 heteroatoms. The van der Waals surface area contributed by atoms with Gasteiger partial charge in [0.15, 0.2) is 0 Å². The molecule has 2 aromatic rings. The molecule has 102 valence electrons. The van der Waals surface area contributed by atoms with Gasteiger partial charge in [0.25, 0.3) is 0 Å². The minimum atomic E-state index is 0.448. The van der Waals surface area contributed by atoms with E-state index in [9.17, 15) is 0 Å². The van der Waals surface area contributed by atoms with Crippen LogP contribution in [-0.4, -0.2) is 0 Å². The van der Waals surface area contributed by atoms with Gasteiger partial charge >= 0.3 is 0 Å². The van der Waals surface area contributed by atoms with E-state index in [-0.39, 0.29) is 0 Å². The summed E-state index contributed by atoms with van der Waals surface area (Å²) in [6, 6.07) is 15.3. The Bertz CT molecular complexity index is 851. The van der Waals surface area contributed by atoms with E-state index in [2.05, 4.69) is 80.6 Å². The molecule has 21 heavy (non-hydrogen) atoms. The monoisotopic (exact) mass is 270 g/mol. The van der Waals surface area contributed by atoms with Crippen LogP contribution in [0.4, 0.5) is 0 Å². The first-order valence-corrected chi connectivity index (χ1v) is 7.51. The molecule has 0 spiro atoms. The Kier molecular flexibility index (Phi) is 2.71. The lowest BCUT2D eigenvalue weighted by Crippen LogP contribution is -2.04. The molecular formula is C21H18. The lowest BCUT2D eigenvalue weighted by Gasteiger charge is -2.21. The van der Waals surface area contributed by atoms with Crippen molar-refractivity contribution >= 4 is 16.3 Å². The van der Waals surface area contributed by atoms with Crippen LogP contribution < -0.4 is 0 Å². The molecule has 0 saturated carbocycles. The summed E-state index contributed by atoms with van der Waals surface area (Å²) in [6.45, 7) is 4.39. The highest BCUT2D eigenvalue weighted by Gasteiger charge is 2.23. The summed E-state index contributed by atoms with van der Waals surface area (Å²) in [5.41, 5.74) is 6.89. The second-order valence-corrected chi connectivity index (χ2v) is 6.03. The van der Waals surface area contributed by atoms with Crippen molar-refractivity contribution in [2.75, 3.05) is 0 Å². The summed E-state index contributed by atoms with van der Waals surface area (Å²) in [6.07, 6.45) is 9.38. The third-order valence-corrected chi connectivity index (χ3v) is 4.39. The van der Waals surface area contributed by atoms with Gasteiger partial charge in [0, 0.05) is 5.92 Å². The van der Waals surface area contributed by atoms with E-state index in [1.165, 1.54) is 38.6 Å². The quantitative estimate of drug-likeness (QED) is 0.625. The SMILES string of the molecule is CC1=CC2C=C(C)C=C2C(c2cccc3ccccc23)=C1. The van der Waals surface area contributed by atoms with Crippen molar-refractivity contribution in [3.8, 4) is 0 Å². The summed E-state index contributed by atoms with van der Waals surface area (Å²) < 4.78 is 0. The van der Waals surface area contributed by atoms with Gasteiger partial charge in [-0.3, -0.25) is 0 Å². The zero-order valence-electron chi connectivity index (χ0n) is 12.4. The van der Waals surface area contributed by atoms with Crippen LogP contribution >= 0.6 is 0 Å². The topological polar surface area (TPSA) is 0 Å². The molecular weight excluding hydrogens is 252 g/mol. The third kappa shape index (κ3) is 1.99. The number of rotatable bonds is 1. The maximum atomic E-state index is 2.36. The normalized spacial score (nSPS) is 20.6. The van der Waals surface area contributed by atoms with Gasteiger partial charge in [-0.15, -0.1) is 0 Å². The third-order valence-electron chi connectivity index (χ3n) is 4.39. The average molecular weight is 270 g/mol. The predicted octanol–water partition coefficient (Wildman–Crippen LogP) is 5.69. The zero-order chi connectivity index (χ0) is 14.4. The fraction of sp³-hybridized carbons (Fsp3) is 0.143. The number of hydrogen-bond acceptors (Lipinski definition) is 0. The maximum absolute atomic E-state index is 2.36. The maximum Gasteiger partial charge on any atom is 0.0216 e. The Balaban J connectivity index is 1.96. The highest BCUT2D eigenvalue weighted by atomic mass is 14.3. The first-order chi connectivity index (χ1) is 10.2. The van der Waals surface area contributed by atoms with Gasteiger partial charge in [-0.2, -0.15) is 0 Å². The van der Waals surface area contributed by atoms with Gasteiger partial charge in [0.2, 0.25) is 0 Å². The summed E-state index contributed by atoms with van der Waals surface area (Å²) in [5, 5.41) is 2.65. The minimum absolute atomic E-state index is 0.448. The molecule has 0 amide bonds. The highest BCUT2D eigenvalue weighted by molar-refractivity contribution is 5.99. The van der Waals surface area contributed by atoms with Crippen molar-refractivity contribution in [2.24, 2.45) is 5.92 Å². The highest BCUT2D eigenvalue weighted by Crippen LogP contribution is 2.42. The predicted molar refractivity (Wildman–Crippen MR) is 91.0 cm³/mol. The smallest absolute Gasteiger partial charge is 0.0216 e. The van der Waals surface area contributed by atoms with Crippen molar-refractivity contribution in [3.05, 3.63) is 89.1 Å². The first-order valence-electron chi connectivity index (χ1n) is 7.51. The molecule has 0 nitrogen and oxygen atoms in total. The largest absolute Gasteiger partial charge is 0.0702 e. The van der Waals surface area contributed by atoms with E-state index in [1.807, 2.05) is 0 Å². The summed E-state index contributed by atoms with van der Waals surface area (Å²) in [7, 11) is 0. The number of allylic oxidation sites excluding steroid dienone is 8. The summed E-state index contributed by atoms with van der Waals surface area (Å²) in [4.78, 5) is 0. The molecule has 4 rings (SSSR count). The molecule has 2 aliphatic carbocycles. The lowest BCUT2D eigenvalue weighted by atomic mass is 9.83. The van der Waals surface area contributed by atoms with Crippen LogP contribution in [0, 0.1) is 5.92 Å². The fourth-order valence-electron chi connectivity index (χ4n) is 3.49. The Hall–Kier alpha value is -2.34. The molecule has 1 unspecified atom stereocenters. The molecule has 0 saturated heterocycles. The van der Waals surface area contributed by atoms with Crippen molar-refractivity contribution in [1.82, 2.24) is 0 Å². The van der Waals surface area contributed by atoms with Crippen molar-refractivity contribution < 1.29 is 0 Å². The van der Waals surface area contributed by atoms with E-state index in [0.29, 0.717) is 5.92 Å². The number of hydrogen-bond donors (Lipinski definition) is 0. The van der Waals surface area contributed by atoms with Gasteiger partial charge in [-0.1, -0.05) is 77.9 Å². The standard InChI is InChI=1S/C21H18/c1-14-10-17-11-15(2)13-21(20(17)12-14)19-9-5-7-16-6-3-4-8-18(16)19/h3-13,17H,1-2H3. The van der Waals surface area contributed by atoms with E-state index in [0.717, 1.165) is 0 Å². The Morgan fingerprint density at radius 2 is 1.48 bits per heavy atom. The van der Waals surface area contributed by atoms with Crippen LogP contribution in [0.2, 0.25) is 0 Å². The van der Waals surface area contributed by atoms with Crippen LogP contribution in [0.25, 0.3) is 16.3 Å². The molecule has 0 aromatic heterocycles. The Morgan fingerprint density at radius 1 is 0.762 bits per heavy atom. The van der Waals surface area contributed by atoms with Gasteiger partial charge in [0.05, 0.1) is 0 Å². The molecule has 2 aliphatic rings. The van der Waals surface area contributed by atoms with Gasteiger partial charge in [0.1, 0.15) is 0 Å². The van der Waals surface area contributed by atoms with Crippen molar-refractivity contribution in [1.29, 1.82) is 0 Å². The minimum Gasteiger partial charge on any atom is -0.0702 e. The van der Waals surface area contributed by atoms with Crippen molar-refractivity contribution in [2.45, 2.75) is 13.8 Å². The molecule has 0 radical (unpaired) electrons. The van der Waals surface area contributed by atoms with E-state index in [4.69, 9.17) is 0 Å². The number of fused-ring (bicyclic) bond motifs is 2. The van der Waals surface area contributed by atoms with Gasteiger partial charge < -0.3 is 0 Å². The number of benzene rings is 2. The van der Waals surface area contributed by atoms with Crippen LogP contribution in [0.3, 0.4) is 0 Å². The zero-order valence-corrected chi connectivity index (χ0v) is 12.4. The summed E-state index contributed by atoms with van der Waals surface area (Å²) >= 11 is 0. The van der Waals surface area contributed by atoms with Crippen LogP contribution in [-0.2, 0) is 0 Å². The second kappa shape index (κ2) is 4.60. The molecule has 0 N–H and O–H groups in total. The van der Waals surface area contributed by atoms with Crippen molar-refractivity contribution in [3.63, 3.8) is 0 Å². The van der Waals surface area contributed by atoms with E-state index >= 15 is 0 Å². The molecule has 0 heterocycles. The first kappa shape index (κ1) is 12.4. The van der Waals surface area contributed by atoms with Gasteiger partial charge in [-0.25, -0.2) is 0 Å².